The third-order valence-corrected chi connectivity index (χ3v) is 8.60. The number of ether oxygens (including phenoxy) is 1. The number of ketones is 1. The second-order valence-electron chi connectivity index (χ2n) is 12.1. The standard InChI is InChI=1S/C32H52N2O3S/c1-5-6-7-8-9-10-11-12-13-14-15-16-18-26(29(35)25-20-23-36-24-21-25)30-28(27-19-17-22-37-27)33-31(38-30)34-32(2,3)4/h17,19,22,25-26H,5-16,18,20-21,23-24H2,1-4H3,(H,33,34). The molecule has 1 aliphatic heterocycles. The normalized spacial score (nSPS) is 15.6. The molecule has 1 aliphatic rings. The minimum atomic E-state index is -0.130. The number of nitrogens with zero attached hydrogens (tertiary/aromatic N) is 1. The second-order valence-corrected chi connectivity index (χ2v) is 13.1. The molecule has 6 heteroatoms. The molecule has 5 nitrogen and oxygen atoms in total. The van der Waals surface area contributed by atoms with Crippen LogP contribution in [0.4, 0.5) is 5.13 Å². The van der Waals surface area contributed by atoms with E-state index < -0.39 is 0 Å². The van der Waals surface area contributed by atoms with E-state index in [0.717, 1.165) is 47.1 Å². The topological polar surface area (TPSA) is 64.4 Å². The molecule has 38 heavy (non-hydrogen) atoms. The molecule has 0 radical (unpaired) electrons. The van der Waals surface area contributed by atoms with Crippen LogP contribution < -0.4 is 5.32 Å². The number of furan rings is 1. The third-order valence-electron chi connectivity index (χ3n) is 7.52. The summed E-state index contributed by atoms with van der Waals surface area (Å²) in [4.78, 5) is 19.9. The van der Waals surface area contributed by atoms with Gasteiger partial charge in [-0.1, -0.05) is 84.0 Å². The third kappa shape index (κ3) is 10.5. The van der Waals surface area contributed by atoms with E-state index >= 15 is 0 Å². The number of aromatic nitrogens is 1. The molecule has 1 atom stereocenters. The number of hydrogen-bond donors (Lipinski definition) is 1. The molecule has 0 aliphatic carbocycles. The van der Waals surface area contributed by atoms with Gasteiger partial charge in [0.1, 0.15) is 11.5 Å². The monoisotopic (exact) mass is 544 g/mol. The highest BCUT2D eigenvalue weighted by Gasteiger charge is 2.34. The van der Waals surface area contributed by atoms with Crippen LogP contribution in [0.3, 0.4) is 0 Å². The fourth-order valence-corrected chi connectivity index (χ4v) is 6.71. The molecular weight excluding hydrogens is 492 g/mol. The highest BCUT2D eigenvalue weighted by molar-refractivity contribution is 7.16. The summed E-state index contributed by atoms with van der Waals surface area (Å²) < 4.78 is 11.3. The van der Waals surface area contributed by atoms with Crippen molar-refractivity contribution in [3.63, 3.8) is 0 Å². The summed E-state index contributed by atoms with van der Waals surface area (Å²) in [7, 11) is 0. The van der Waals surface area contributed by atoms with Crippen LogP contribution in [-0.4, -0.2) is 29.5 Å². The van der Waals surface area contributed by atoms with E-state index in [4.69, 9.17) is 14.1 Å². The quantitative estimate of drug-likeness (QED) is 0.189. The number of carbonyl (C=O) groups excluding carboxylic acids is 1. The second kappa shape index (κ2) is 16.4. The lowest BCUT2D eigenvalue weighted by molar-refractivity contribution is -0.127. The summed E-state index contributed by atoms with van der Waals surface area (Å²) in [6.45, 7) is 10.1. The maximum Gasteiger partial charge on any atom is 0.184 e. The van der Waals surface area contributed by atoms with E-state index in [2.05, 4.69) is 33.0 Å². The molecular formula is C32H52N2O3S. The van der Waals surface area contributed by atoms with Crippen LogP contribution in [0, 0.1) is 5.92 Å². The van der Waals surface area contributed by atoms with E-state index in [1.165, 1.54) is 70.6 Å². The van der Waals surface area contributed by atoms with Crippen molar-refractivity contribution >= 4 is 22.3 Å². The molecule has 2 aromatic rings. The molecule has 0 bridgehead atoms. The fourth-order valence-electron chi connectivity index (χ4n) is 5.39. The molecule has 0 amide bonds. The first kappa shape index (κ1) is 30.9. The largest absolute Gasteiger partial charge is 0.463 e. The lowest BCUT2D eigenvalue weighted by atomic mass is 9.83. The van der Waals surface area contributed by atoms with Crippen molar-refractivity contribution in [2.45, 2.75) is 135 Å². The Bertz CT molecular complexity index is 910. The maximum absolute atomic E-state index is 13.9. The Balaban J connectivity index is 1.60. The number of unbranched alkanes of at least 4 members (excludes halogenated alkanes) is 11. The zero-order valence-corrected chi connectivity index (χ0v) is 25.3. The molecule has 1 unspecified atom stereocenters. The van der Waals surface area contributed by atoms with Crippen LogP contribution in [0.1, 0.15) is 135 Å². The number of hydrogen-bond acceptors (Lipinski definition) is 6. The Morgan fingerprint density at radius 3 is 2.16 bits per heavy atom. The molecule has 1 fully saturated rings. The van der Waals surface area contributed by atoms with Gasteiger partial charge >= 0.3 is 0 Å². The van der Waals surface area contributed by atoms with Gasteiger partial charge in [-0.05, 0) is 52.2 Å². The van der Waals surface area contributed by atoms with Crippen LogP contribution in [0.15, 0.2) is 22.8 Å². The summed E-state index contributed by atoms with van der Waals surface area (Å²) in [5.74, 6) is 1.07. The number of Topliss-reactive ketones (excluding diaryl/α,β-unsaturated/α-hetero) is 1. The molecule has 3 heterocycles. The van der Waals surface area contributed by atoms with Gasteiger partial charge in [0.15, 0.2) is 10.9 Å². The van der Waals surface area contributed by atoms with Crippen LogP contribution in [-0.2, 0) is 9.53 Å². The van der Waals surface area contributed by atoms with Gasteiger partial charge in [-0.15, -0.1) is 11.3 Å². The highest BCUT2D eigenvalue weighted by atomic mass is 32.1. The lowest BCUT2D eigenvalue weighted by Gasteiger charge is -2.25. The summed E-state index contributed by atoms with van der Waals surface area (Å²) in [6.07, 6.45) is 20.1. The maximum atomic E-state index is 13.9. The van der Waals surface area contributed by atoms with Gasteiger partial charge in [0, 0.05) is 29.5 Å². The molecule has 3 rings (SSSR count). The van der Waals surface area contributed by atoms with Crippen LogP contribution in [0.5, 0.6) is 0 Å². The minimum Gasteiger partial charge on any atom is -0.463 e. The first-order valence-corrected chi connectivity index (χ1v) is 16.1. The van der Waals surface area contributed by atoms with Crippen molar-refractivity contribution in [2.75, 3.05) is 18.5 Å². The van der Waals surface area contributed by atoms with Gasteiger partial charge in [0.05, 0.1) is 12.2 Å². The van der Waals surface area contributed by atoms with Crippen molar-refractivity contribution in [3.8, 4) is 11.5 Å². The predicted molar refractivity (Wildman–Crippen MR) is 160 cm³/mol. The highest BCUT2D eigenvalue weighted by Crippen LogP contribution is 2.42. The average Bonchev–Trinajstić information content (AvgIpc) is 3.56. The molecule has 0 aromatic carbocycles. The Labute approximate surface area is 235 Å². The SMILES string of the molecule is CCCCCCCCCCCCCCC(C(=O)C1CCOCC1)c1sc(NC(C)(C)C)nc1-c1ccco1. The molecule has 0 spiro atoms. The van der Waals surface area contributed by atoms with Crippen LogP contribution in [0.2, 0.25) is 0 Å². The first-order valence-electron chi connectivity index (χ1n) is 15.3. The molecule has 214 valence electrons. The number of rotatable bonds is 18. The van der Waals surface area contributed by atoms with E-state index in [1.54, 1.807) is 17.6 Å². The van der Waals surface area contributed by atoms with Crippen molar-refractivity contribution < 1.29 is 13.9 Å². The number of carbonyl (C=O) groups is 1. The zero-order chi connectivity index (χ0) is 27.2. The van der Waals surface area contributed by atoms with Crippen LogP contribution in [0.25, 0.3) is 11.5 Å². The Morgan fingerprint density at radius 1 is 1.00 bits per heavy atom. The van der Waals surface area contributed by atoms with Gasteiger partial charge < -0.3 is 14.5 Å². The Hall–Kier alpha value is -1.66. The summed E-state index contributed by atoms with van der Waals surface area (Å²) in [5.41, 5.74) is 0.724. The smallest absolute Gasteiger partial charge is 0.184 e. The molecule has 2 aromatic heterocycles. The van der Waals surface area contributed by atoms with E-state index in [-0.39, 0.29) is 17.4 Å². The van der Waals surface area contributed by atoms with Crippen LogP contribution >= 0.6 is 11.3 Å². The molecule has 0 saturated carbocycles. The Morgan fingerprint density at radius 2 is 1.61 bits per heavy atom. The number of nitrogens with one attached hydrogen (secondary N) is 1. The Kier molecular flexibility index (Phi) is 13.4. The summed E-state index contributed by atoms with van der Waals surface area (Å²) in [5, 5.41) is 4.39. The minimum absolute atomic E-state index is 0.0802. The lowest BCUT2D eigenvalue weighted by Crippen LogP contribution is -2.28. The van der Waals surface area contributed by atoms with Gasteiger partial charge in [-0.3, -0.25) is 4.79 Å². The molecule has 1 saturated heterocycles. The molecule has 1 N–H and O–H groups in total. The number of anilines is 1. The van der Waals surface area contributed by atoms with Crippen molar-refractivity contribution in [1.29, 1.82) is 0 Å². The van der Waals surface area contributed by atoms with Gasteiger partial charge in [-0.2, -0.15) is 0 Å². The van der Waals surface area contributed by atoms with Crippen molar-refractivity contribution in [2.24, 2.45) is 5.92 Å². The van der Waals surface area contributed by atoms with Gasteiger partial charge in [-0.25, -0.2) is 4.98 Å². The summed E-state index contributed by atoms with van der Waals surface area (Å²) >= 11 is 1.63. The predicted octanol–water partition coefficient (Wildman–Crippen LogP) is 9.78. The van der Waals surface area contributed by atoms with E-state index in [0.29, 0.717) is 19.0 Å². The van der Waals surface area contributed by atoms with E-state index in [9.17, 15) is 4.79 Å². The number of thiazole rings is 1. The zero-order valence-electron chi connectivity index (χ0n) is 24.5. The average molecular weight is 545 g/mol. The first-order chi connectivity index (χ1) is 18.4. The van der Waals surface area contributed by atoms with Crippen molar-refractivity contribution in [1.82, 2.24) is 4.98 Å². The van der Waals surface area contributed by atoms with Gasteiger partial charge in [0.25, 0.3) is 0 Å². The van der Waals surface area contributed by atoms with Gasteiger partial charge in [0.2, 0.25) is 0 Å². The fraction of sp³-hybridized carbons (Fsp3) is 0.750. The van der Waals surface area contributed by atoms with E-state index in [1.807, 2.05) is 12.1 Å². The summed E-state index contributed by atoms with van der Waals surface area (Å²) in [6, 6.07) is 3.86. The van der Waals surface area contributed by atoms with Crippen molar-refractivity contribution in [3.05, 3.63) is 23.3 Å².